The highest BCUT2D eigenvalue weighted by atomic mass is 16.5. The Balaban J connectivity index is 2.92. The first-order valence-corrected chi connectivity index (χ1v) is 6.06. The monoisotopic (exact) mass is 293 g/mol. The van der Waals surface area contributed by atoms with E-state index in [0.717, 1.165) is 0 Å². The van der Waals surface area contributed by atoms with Crippen molar-refractivity contribution in [3.05, 3.63) is 22.6 Å². The summed E-state index contributed by atoms with van der Waals surface area (Å²) < 4.78 is 20.9. The number of carbonyl (C=O) groups excluding carboxylic acids is 1. The fourth-order valence-electron chi connectivity index (χ4n) is 2.09. The maximum atomic E-state index is 11.6. The highest BCUT2D eigenvalue weighted by Crippen LogP contribution is 2.45. The first-order valence-electron chi connectivity index (χ1n) is 6.06. The van der Waals surface area contributed by atoms with Crippen molar-refractivity contribution in [2.45, 2.75) is 6.92 Å². The number of methoxy groups -OCH3 is 3. The molecule has 0 atom stereocenters. The molecule has 2 aromatic rings. The molecule has 7 heteroatoms. The van der Waals surface area contributed by atoms with E-state index >= 15 is 0 Å². The quantitative estimate of drug-likeness (QED) is 0.865. The summed E-state index contributed by atoms with van der Waals surface area (Å²) in [5, 5.41) is 3.00. The lowest BCUT2D eigenvalue weighted by molar-refractivity contribution is -0.114. The lowest BCUT2D eigenvalue weighted by Crippen LogP contribution is -2.10. The van der Waals surface area contributed by atoms with Crippen molar-refractivity contribution in [1.29, 1.82) is 0 Å². The lowest BCUT2D eigenvalue weighted by atomic mass is 10.1. The summed E-state index contributed by atoms with van der Waals surface area (Å²) in [5.41, 5.74) is -0.0900. The molecule has 0 aliphatic heterocycles. The number of hydrogen-bond acceptors (Lipinski definition) is 6. The van der Waals surface area contributed by atoms with Crippen LogP contribution in [0, 0.1) is 0 Å². The summed E-state index contributed by atoms with van der Waals surface area (Å²) in [6.45, 7) is 1.34. The first kappa shape index (κ1) is 14.7. The number of benzene rings is 1. The van der Waals surface area contributed by atoms with Crippen LogP contribution in [-0.4, -0.2) is 27.2 Å². The molecule has 0 unspecified atom stereocenters. The van der Waals surface area contributed by atoms with Gasteiger partial charge in [0.2, 0.25) is 11.7 Å². The molecule has 2 rings (SSSR count). The molecular weight excluding hydrogens is 278 g/mol. The van der Waals surface area contributed by atoms with E-state index in [1.165, 1.54) is 40.4 Å². The molecule has 0 saturated heterocycles. The molecule has 1 N–H and O–H groups in total. The molecule has 112 valence electrons. The zero-order valence-corrected chi connectivity index (χ0v) is 12.1. The molecule has 0 radical (unpaired) electrons. The highest BCUT2D eigenvalue weighted by molar-refractivity contribution is 6.04. The largest absolute Gasteiger partial charge is 0.493 e. The Morgan fingerprint density at radius 2 is 1.76 bits per heavy atom. The summed E-state index contributed by atoms with van der Waals surface area (Å²) in [4.78, 5) is 22.9. The maximum Gasteiger partial charge on any atom is 0.338 e. The van der Waals surface area contributed by atoms with Gasteiger partial charge in [-0.25, -0.2) is 4.79 Å². The van der Waals surface area contributed by atoms with Crippen LogP contribution in [0.1, 0.15) is 6.92 Å². The average Bonchev–Trinajstić information content (AvgIpc) is 2.43. The fraction of sp³-hybridized carbons (Fsp3) is 0.286. The van der Waals surface area contributed by atoms with Gasteiger partial charge in [0.25, 0.3) is 0 Å². The third-order valence-electron chi connectivity index (χ3n) is 2.85. The zero-order valence-electron chi connectivity index (χ0n) is 12.1. The number of rotatable bonds is 4. The third kappa shape index (κ3) is 2.62. The topological polar surface area (TPSA) is 87.0 Å². The second-order valence-corrected chi connectivity index (χ2v) is 4.18. The van der Waals surface area contributed by atoms with Crippen LogP contribution in [0.15, 0.2) is 21.3 Å². The Labute approximate surface area is 120 Å². The average molecular weight is 293 g/mol. The molecule has 0 fully saturated rings. The number of nitrogens with one attached hydrogen (secondary N) is 1. The van der Waals surface area contributed by atoms with Gasteiger partial charge >= 0.3 is 5.63 Å². The van der Waals surface area contributed by atoms with Gasteiger partial charge in [-0.2, -0.15) is 0 Å². The highest BCUT2D eigenvalue weighted by Gasteiger charge is 2.21. The van der Waals surface area contributed by atoms with Gasteiger partial charge < -0.3 is 23.9 Å². The van der Waals surface area contributed by atoms with Crippen LogP contribution in [0.5, 0.6) is 17.2 Å². The van der Waals surface area contributed by atoms with E-state index in [1.807, 2.05) is 0 Å². The summed E-state index contributed by atoms with van der Waals surface area (Å²) in [6.07, 6.45) is 0. The molecule has 21 heavy (non-hydrogen) atoms. The van der Waals surface area contributed by atoms with Crippen LogP contribution < -0.4 is 25.2 Å². The molecule has 1 amide bonds. The van der Waals surface area contributed by atoms with Gasteiger partial charge in [0.1, 0.15) is 5.58 Å². The van der Waals surface area contributed by atoms with Crippen LogP contribution >= 0.6 is 0 Å². The zero-order chi connectivity index (χ0) is 15.6. The van der Waals surface area contributed by atoms with Crippen LogP contribution in [0.4, 0.5) is 5.69 Å². The van der Waals surface area contributed by atoms with E-state index in [1.54, 1.807) is 0 Å². The van der Waals surface area contributed by atoms with Crippen molar-refractivity contribution >= 4 is 22.6 Å². The minimum absolute atomic E-state index is 0.223. The standard InChI is InChI=1S/C14H15NO6/c1-7(16)15-8-5-11(17)21-9-6-10(18-2)13(19-3)14(20-4)12(8)9/h5-6H,1-4H3,(H,15,16). The normalized spacial score (nSPS) is 10.3. The van der Waals surface area contributed by atoms with Crippen molar-refractivity contribution < 1.29 is 23.4 Å². The van der Waals surface area contributed by atoms with Gasteiger partial charge in [0.05, 0.1) is 32.4 Å². The van der Waals surface area contributed by atoms with E-state index in [-0.39, 0.29) is 17.2 Å². The summed E-state index contributed by atoms with van der Waals surface area (Å²) >= 11 is 0. The predicted molar refractivity (Wildman–Crippen MR) is 76.4 cm³/mol. The van der Waals surface area contributed by atoms with Crippen LogP contribution in [0.25, 0.3) is 11.0 Å². The van der Waals surface area contributed by atoms with Crippen molar-refractivity contribution in [2.24, 2.45) is 0 Å². The Morgan fingerprint density at radius 3 is 2.29 bits per heavy atom. The van der Waals surface area contributed by atoms with E-state index in [0.29, 0.717) is 22.6 Å². The molecule has 0 bridgehead atoms. The van der Waals surface area contributed by atoms with Crippen molar-refractivity contribution in [3.63, 3.8) is 0 Å². The van der Waals surface area contributed by atoms with Crippen molar-refractivity contribution in [2.75, 3.05) is 26.6 Å². The minimum atomic E-state index is -0.597. The number of anilines is 1. The van der Waals surface area contributed by atoms with E-state index in [4.69, 9.17) is 18.6 Å². The molecule has 7 nitrogen and oxygen atoms in total. The van der Waals surface area contributed by atoms with Gasteiger partial charge in [0.15, 0.2) is 11.5 Å². The molecule has 0 saturated carbocycles. The minimum Gasteiger partial charge on any atom is -0.493 e. The number of carbonyl (C=O) groups is 1. The van der Waals surface area contributed by atoms with E-state index in [9.17, 15) is 9.59 Å². The summed E-state index contributed by atoms with van der Waals surface area (Å²) in [6, 6.07) is 2.68. The Morgan fingerprint density at radius 1 is 1.10 bits per heavy atom. The summed E-state index contributed by atoms with van der Waals surface area (Å²) in [7, 11) is 4.36. The smallest absolute Gasteiger partial charge is 0.338 e. The molecule has 1 aromatic carbocycles. The number of fused-ring (bicyclic) bond motifs is 1. The number of hydrogen-bond donors (Lipinski definition) is 1. The first-order chi connectivity index (χ1) is 10.0. The lowest BCUT2D eigenvalue weighted by Gasteiger charge is -2.16. The molecular formula is C14H15NO6. The second-order valence-electron chi connectivity index (χ2n) is 4.18. The van der Waals surface area contributed by atoms with Crippen molar-refractivity contribution in [1.82, 2.24) is 0 Å². The Kier molecular flexibility index (Phi) is 4.02. The molecule has 0 aliphatic carbocycles. The number of ether oxygens (including phenoxy) is 3. The third-order valence-corrected chi connectivity index (χ3v) is 2.85. The summed E-state index contributed by atoms with van der Waals surface area (Å²) in [5.74, 6) is 0.677. The van der Waals surface area contributed by atoms with Gasteiger partial charge in [-0.05, 0) is 0 Å². The van der Waals surface area contributed by atoms with Crippen LogP contribution in [0.3, 0.4) is 0 Å². The molecule has 1 aromatic heterocycles. The van der Waals surface area contributed by atoms with Crippen molar-refractivity contribution in [3.8, 4) is 17.2 Å². The van der Waals surface area contributed by atoms with Gasteiger partial charge in [-0.3, -0.25) is 4.79 Å². The van der Waals surface area contributed by atoms with Crippen LogP contribution in [-0.2, 0) is 4.79 Å². The Bertz CT molecular complexity index is 749. The van der Waals surface area contributed by atoms with Gasteiger partial charge in [-0.15, -0.1) is 0 Å². The van der Waals surface area contributed by atoms with E-state index < -0.39 is 5.63 Å². The number of amides is 1. The molecule has 0 spiro atoms. The van der Waals surface area contributed by atoms with Crippen LogP contribution in [0.2, 0.25) is 0 Å². The maximum absolute atomic E-state index is 11.6. The van der Waals surface area contributed by atoms with Gasteiger partial charge in [-0.1, -0.05) is 0 Å². The molecule has 1 heterocycles. The molecule has 0 aliphatic rings. The van der Waals surface area contributed by atoms with E-state index in [2.05, 4.69) is 5.32 Å². The second kappa shape index (κ2) is 5.74. The predicted octanol–water partition coefficient (Wildman–Crippen LogP) is 1.78. The fourth-order valence-corrected chi connectivity index (χ4v) is 2.09. The SMILES string of the molecule is COc1cc2oc(=O)cc(NC(C)=O)c2c(OC)c1OC. The van der Waals surface area contributed by atoms with Gasteiger partial charge in [0, 0.05) is 19.1 Å². The Hall–Kier alpha value is -2.70.